The van der Waals surface area contributed by atoms with E-state index in [9.17, 15) is 0 Å². The molecule has 0 unspecified atom stereocenters. The van der Waals surface area contributed by atoms with Gasteiger partial charge in [-0.1, -0.05) is 0 Å². The minimum atomic E-state index is -0.162. The number of aliphatic hydroxyl groups is 1. The van der Waals surface area contributed by atoms with Crippen molar-refractivity contribution < 1.29 is 9.84 Å². The zero-order valence-electron chi connectivity index (χ0n) is 5.63. The number of β-amino-alcohol motifs (C(OH)–C–C–N with tert-alkyl or cyclic N) is 1. The van der Waals surface area contributed by atoms with Gasteiger partial charge in [-0.3, -0.25) is 0 Å². The highest BCUT2D eigenvalue weighted by Gasteiger charge is 2.20. The van der Waals surface area contributed by atoms with E-state index in [1.54, 1.807) is 7.11 Å². The molecule has 0 amide bonds. The van der Waals surface area contributed by atoms with Crippen LogP contribution in [0, 0.1) is 0 Å². The fourth-order valence-corrected chi connectivity index (χ4v) is 1.13. The summed E-state index contributed by atoms with van der Waals surface area (Å²) in [6, 6.07) is 0.366. The van der Waals surface area contributed by atoms with Crippen LogP contribution in [0.25, 0.3) is 0 Å². The summed E-state index contributed by atoms with van der Waals surface area (Å²) in [6.07, 6.45) is 0.665. The highest BCUT2D eigenvalue weighted by molar-refractivity contribution is 4.80. The van der Waals surface area contributed by atoms with Crippen molar-refractivity contribution in [1.29, 1.82) is 0 Å². The number of rotatable bonds is 2. The van der Waals surface area contributed by atoms with Crippen molar-refractivity contribution in [2.45, 2.75) is 18.6 Å². The number of hydrogen-bond acceptors (Lipinski definition) is 3. The van der Waals surface area contributed by atoms with E-state index in [0.29, 0.717) is 19.2 Å². The summed E-state index contributed by atoms with van der Waals surface area (Å²) >= 11 is 0. The molecule has 1 saturated heterocycles. The molecule has 0 aromatic rings. The summed E-state index contributed by atoms with van der Waals surface area (Å²) in [5.74, 6) is 0. The molecule has 3 nitrogen and oxygen atoms in total. The predicted octanol–water partition coefficient (Wildman–Crippen LogP) is -0.644. The molecule has 1 aliphatic rings. The third-order valence-electron chi connectivity index (χ3n) is 1.57. The molecule has 2 atom stereocenters. The summed E-state index contributed by atoms with van der Waals surface area (Å²) < 4.78 is 4.90. The first-order valence-electron chi connectivity index (χ1n) is 3.23. The maximum Gasteiger partial charge on any atom is 0.0680 e. The second kappa shape index (κ2) is 3.15. The van der Waals surface area contributed by atoms with E-state index in [1.807, 2.05) is 0 Å². The largest absolute Gasteiger partial charge is 0.392 e. The average Bonchev–Trinajstić information content (AvgIpc) is 2.17. The topological polar surface area (TPSA) is 41.5 Å². The van der Waals surface area contributed by atoms with Crippen LogP contribution in [0.5, 0.6) is 0 Å². The summed E-state index contributed by atoms with van der Waals surface area (Å²) in [5.41, 5.74) is 0. The number of aliphatic hydroxyl groups excluding tert-OH is 1. The number of ether oxygens (including phenoxy) is 1. The molecule has 0 aromatic carbocycles. The van der Waals surface area contributed by atoms with Crippen molar-refractivity contribution in [3.8, 4) is 0 Å². The summed E-state index contributed by atoms with van der Waals surface area (Å²) in [5, 5.41) is 12.1. The Bertz CT molecular complexity index is 85.1. The van der Waals surface area contributed by atoms with Crippen LogP contribution >= 0.6 is 0 Å². The molecule has 3 heteroatoms. The fraction of sp³-hybridized carbons (Fsp3) is 1.00. The molecule has 54 valence electrons. The third kappa shape index (κ3) is 1.93. The van der Waals surface area contributed by atoms with Gasteiger partial charge in [-0.15, -0.1) is 0 Å². The van der Waals surface area contributed by atoms with Crippen LogP contribution in [-0.2, 0) is 4.74 Å². The zero-order valence-corrected chi connectivity index (χ0v) is 5.63. The normalized spacial score (nSPS) is 35.3. The van der Waals surface area contributed by atoms with Gasteiger partial charge in [0.2, 0.25) is 0 Å². The van der Waals surface area contributed by atoms with Crippen LogP contribution in [0.3, 0.4) is 0 Å². The van der Waals surface area contributed by atoms with Gasteiger partial charge in [-0.25, -0.2) is 0 Å². The highest BCUT2D eigenvalue weighted by atomic mass is 16.5. The second-order valence-electron chi connectivity index (χ2n) is 2.45. The molecular weight excluding hydrogens is 118 g/mol. The Kier molecular flexibility index (Phi) is 2.45. The number of hydrogen-bond donors (Lipinski definition) is 2. The third-order valence-corrected chi connectivity index (χ3v) is 1.57. The van der Waals surface area contributed by atoms with E-state index in [-0.39, 0.29) is 6.10 Å². The molecule has 1 fully saturated rings. The molecule has 0 aromatic heterocycles. The molecule has 2 N–H and O–H groups in total. The van der Waals surface area contributed by atoms with Crippen LogP contribution in [0.2, 0.25) is 0 Å². The van der Waals surface area contributed by atoms with Crippen LogP contribution < -0.4 is 5.32 Å². The lowest BCUT2D eigenvalue weighted by Gasteiger charge is -2.06. The van der Waals surface area contributed by atoms with Crippen LogP contribution in [0.1, 0.15) is 6.42 Å². The Hall–Kier alpha value is -0.120. The monoisotopic (exact) mass is 131 g/mol. The molecule has 0 bridgehead atoms. The first kappa shape index (κ1) is 6.99. The summed E-state index contributed by atoms with van der Waals surface area (Å²) in [7, 11) is 1.67. The van der Waals surface area contributed by atoms with E-state index >= 15 is 0 Å². The van der Waals surface area contributed by atoms with Crippen molar-refractivity contribution in [3.05, 3.63) is 0 Å². The van der Waals surface area contributed by atoms with Crippen LogP contribution in [0.4, 0.5) is 0 Å². The summed E-state index contributed by atoms with van der Waals surface area (Å²) in [6.45, 7) is 1.42. The first-order valence-corrected chi connectivity index (χ1v) is 3.23. The number of methoxy groups -OCH3 is 1. The standard InChI is InChI=1S/C6H13NO2/c1-9-4-5-2-6(8)3-7-5/h5-8H,2-4H2,1H3/t5-,6+/m1/s1. The van der Waals surface area contributed by atoms with Gasteiger partial charge in [0.05, 0.1) is 12.7 Å². The molecule has 1 aliphatic heterocycles. The first-order chi connectivity index (χ1) is 4.33. The van der Waals surface area contributed by atoms with E-state index in [2.05, 4.69) is 5.32 Å². The maximum atomic E-state index is 9.01. The zero-order chi connectivity index (χ0) is 6.69. The Balaban J connectivity index is 2.14. The lowest BCUT2D eigenvalue weighted by Crippen LogP contribution is -2.25. The smallest absolute Gasteiger partial charge is 0.0680 e. The molecule has 0 aliphatic carbocycles. The fourth-order valence-electron chi connectivity index (χ4n) is 1.13. The van der Waals surface area contributed by atoms with Crippen molar-refractivity contribution in [2.75, 3.05) is 20.3 Å². The minimum Gasteiger partial charge on any atom is -0.392 e. The van der Waals surface area contributed by atoms with Gasteiger partial charge in [0.15, 0.2) is 0 Å². The lowest BCUT2D eigenvalue weighted by atomic mass is 10.2. The van der Waals surface area contributed by atoms with Crippen molar-refractivity contribution in [2.24, 2.45) is 0 Å². The highest BCUT2D eigenvalue weighted by Crippen LogP contribution is 2.05. The molecule has 0 radical (unpaired) electrons. The molecule has 0 saturated carbocycles. The molecular formula is C6H13NO2. The van der Waals surface area contributed by atoms with Gasteiger partial charge in [0.1, 0.15) is 0 Å². The van der Waals surface area contributed by atoms with Gasteiger partial charge >= 0.3 is 0 Å². The molecule has 1 rings (SSSR count). The van der Waals surface area contributed by atoms with Gasteiger partial charge in [0.25, 0.3) is 0 Å². The Morgan fingerprint density at radius 3 is 3.00 bits per heavy atom. The van der Waals surface area contributed by atoms with Crippen molar-refractivity contribution >= 4 is 0 Å². The van der Waals surface area contributed by atoms with E-state index in [0.717, 1.165) is 6.42 Å². The molecule has 9 heavy (non-hydrogen) atoms. The Morgan fingerprint density at radius 2 is 2.56 bits per heavy atom. The lowest BCUT2D eigenvalue weighted by molar-refractivity contribution is 0.157. The SMILES string of the molecule is COC[C@H]1C[C@H](O)CN1. The van der Waals surface area contributed by atoms with E-state index in [1.165, 1.54) is 0 Å². The number of nitrogens with one attached hydrogen (secondary N) is 1. The molecule has 1 heterocycles. The second-order valence-corrected chi connectivity index (χ2v) is 2.45. The van der Waals surface area contributed by atoms with E-state index in [4.69, 9.17) is 9.84 Å². The summed E-state index contributed by atoms with van der Waals surface area (Å²) in [4.78, 5) is 0. The van der Waals surface area contributed by atoms with Gasteiger partial charge in [-0.05, 0) is 6.42 Å². The van der Waals surface area contributed by atoms with Crippen molar-refractivity contribution in [3.63, 3.8) is 0 Å². The van der Waals surface area contributed by atoms with E-state index < -0.39 is 0 Å². The Morgan fingerprint density at radius 1 is 1.78 bits per heavy atom. The Labute approximate surface area is 55.0 Å². The van der Waals surface area contributed by atoms with Gasteiger partial charge in [-0.2, -0.15) is 0 Å². The average molecular weight is 131 g/mol. The van der Waals surface area contributed by atoms with Crippen LogP contribution in [0.15, 0.2) is 0 Å². The predicted molar refractivity (Wildman–Crippen MR) is 34.3 cm³/mol. The maximum absolute atomic E-state index is 9.01. The minimum absolute atomic E-state index is 0.162. The van der Waals surface area contributed by atoms with Crippen LogP contribution in [-0.4, -0.2) is 37.5 Å². The van der Waals surface area contributed by atoms with Gasteiger partial charge in [0, 0.05) is 19.7 Å². The van der Waals surface area contributed by atoms with Crippen molar-refractivity contribution in [1.82, 2.24) is 5.32 Å². The quantitative estimate of drug-likeness (QED) is 0.523. The molecule has 0 spiro atoms. The van der Waals surface area contributed by atoms with Gasteiger partial charge < -0.3 is 15.2 Å².